The van der Waals surface area contributed by atoms with Gasteiger partial charge < -0.3 is 4.90 Å². The van der Waals surface area contributed by atoms with Crippen LogP contribution >= 0.6 is 11.6 Å². The zero-order chi connectivity index (χ0) is 13.5. The number of hydrogen-bond donors (Lipinski definition) is 0. The van der Waals surface area contributed by atoms with Crippen molar-refractivity contribution in [3.05, 3.63) is 65.3 Å². The Balaban J connectivity index is 1.94. The minimum absolute atomic E-state index is 0.705. The molecule has 98 valence electrons. The van der Waals surface area contributed by atoms with Crippen LogP contribution in [0.4, 0.5) is 11.4 Å². The first-order valence-corrected chi connectivity index (χ1v) is 7.11. The van der Waals surface area contributed by atoms with Crippen molar-refractivity contribution in [1.82, 2.24) is 4.98 Å². The number of hydrogen-bond acceptors (Lipinski definition) is 2. The molecule has 1 aromatic heterocycles. The van der Waals surface area contributed by atoms with Crippen LogP contribution in [0, 0.1) is 0 Å². The van der Waals surface area contributed by atoms with Gasteiger partial charge in [0.05, 0.1) is 16.2 Å². The summed E-state index contributed by atoms with van der Waals surface area (Å²) in [6.07, 6.45) is 2.92. The molecule has 2 nitrogen and oxygen atoms in total. The van der Waals surface area contributed by atoms with Gasteiger partial charge in [0, 0.05) is 23.8 Å². The number of halogens is 1. The summed E-state index contributed by atoms with van der Waals surface area (Å²) >= 11 is 6.25. The number of rotatable bonds is 1. The van der Waals surface area contributed by atoms with E-state index >= 15 is 0 Å². The van der Waals surface area contributed by atoms with Crippen LogP contribution in [-0.2, 0) is 6.42 Å². The lowest BCUT2D eigenvalue weighted by molar-refractivity contribution is 1.00. The van der Waals surface area contributed by atoms with E-state index in [2.05, 4.69) is 46.3 Å². The molecule has 0 saturated carbocycles. The van der Waals surface area contributed by atoms with Crippen molar-refractivity contribution in [3.8, 4) is 0 Å². The predicted molar refractivity (Wildman–Crippen MR) is 83.9 cm³/mol. The topological polar surface area (TPSA) is 16.1 Å². The summed E-state index contributed by atoms with van der Waals surface area (Å²) in [6.45, 7) is 1.00. The smallest absolute Gasteiger partial charge is 0.0909 e. The molecule has 0 unspecified atom stereocenters. The van der Waals surface area contributed by atoms with Gasteiger partial charge in [0.1, 0.15) is 0 Å². The van der Waals surface area contributed by atoms with Gasteiger partial charge in [-0.15, -0.1) is 0 Å². The van der Waals surface area contributed by atoms with Crippen LogP contribution in [0.15, 0.2) is 54.7 Å². The fourth-order valence-electron chi connectivity index (χ4n) is 2.95. The highest BCUT2D eigenvalue weighted by Gasteiger charge is 2.21. The highest BCUT2D eigenvalue weighted by molar-refractivity contribution is 6.35. The van der Waals surface area contributed by atoms with Gasteiger partial charge in [-0.25, -0.2) is 0 Å². The molecule has 20 heavy (non-hydrogen) atoms. The molecule has 0 aliphatic carbocycles. The van der Waals surface area contributed by atoms with Crippen LogP contribution in [0.1, 0.15) is 5.56 Å². The summed E-state index contributed by atoms with van der Waals surface area (Å²) in [7, 11) is 0. The molecule has 3 heteroatoms. The maximum atomic E-state index is 6.25. The number of benzene rings is 2. The average Bonchev–Trinajstić information content (AvgIpc) is 2.91. The van der Waals surface area contributed by atoms with Gasteiger partial charge in [-0.05, 0) is 30.2 Å². The fraction of sp³-hybridized carbons (Fsp3) is 0.118. The fourth-order valence-corrected chi connectivity index (χ4v) is 3.17. The Bertz CT molecular complexity index is 798. The number of nitrogens with zero attached hydrogens (tertiary/aromatic N) is 2. The molecule has 0 atom stereocenters. The maximum absolute atomic E-state index is 6.25. The normalized spacial score (nSPS) is 13.8. The molecule has 3 aromatic rings. The third kappa shape index (κ3) is 1.69. The van der Waals surface area contributed by atoms with E-state index < -0.39 is 0 Å². The van der Waals surface area contributed by atoms with Crippen LogP contribution in [0.3, 0.4) is 0 Å². The lowest BCUT2D eigenvalue weighted by Crippen LogP contribution is -2.13. The standard InChI is InChI=1S/C17H13ClN2/c18-14-6-3-5-13-16(8-10-19-17(13)14)20-11-9-12-4-1-2-7-15(12)20/h1-8,10H,9,11H2. The Morgan fingerprint density at radius 3 is 2.80 bits per heavy atom. The van der Waals surface area contributed by atoms with E-state index in [0.29, 0.717) is 5.02 Å². The molecule has 0 spiro atoms. The molecule has 4 rings (SSSR count). The lowest BCUT2D eigenvalue weighted by atomic mass is 10.1. The van der Waals surface area contributed by atoms with Crippen molar-refractivity contribution in [2.45, 2.75) is 6.42 Å². The van der Waals surface area contributed by atoms with Gasteiger partial charge in [-0.2, -0.15) is 0 Å². The molecular formula is C17H13ClN2. The van der Waals surface area contributed by atoms with E-state index in [1.54, 1.807) is 0 Å². The molecule has 2 aromatic carbocycles. The van der Waals surface area contributed by atoms with Crippen molar-refractivity contribution in [3.63, 3.8) is 0 Å². The molecule has 0 fully saturated rings. The molecule has 0 bridgehead atoms. The number of para-hydroxylation sites is 2. The third-order valence-corrected chi connectivity index (χ3v) is 4.18. The molecule has 1 aliphatic heterocycles. The number of pyridine rings is 1. The Morgan fingerprint density at radius 1 is 0.950 bits per heavy atom. The van der Waals surface area contributed by atoms with E-state index in [1.165, 1.54) is 16.9 Å². The zero-order valence-corrected chi connectivity index (χ0v) is 11.6. The van der Waals surface area contributed by atoms with Crippen LogP contribution in [0.2, 0.25) is 5.02 Å². The molecule has 2 heterocycles. The van der Waals surface area contributed by atoms with E-state index in [0.717, 1.165) is 23.9 Å². The third-order valence-electron chi connectivity index (χ3n) is 3.88. The van der Waals surface area contributed by atoms with Crippen molar-refractivity contribution in [2.24, 2.45) is 0 Å². The van der Waals surface area contributed by atoms with Gasteiger partial charge in [-0.1, -0.05) is 41.9 Å². The highest BCUT2D eigenvalue weighted by Crippen LogP contribution is 2.38. The largest absolute Gasteiger partial charge is 0.340 e. The van der Waals surface area contributed by atoms with Gasteiger partial charge in [0.2, 0.25) is 0 Å². The molecule has 0 N–H and O–H groups in total. The Kier molecular flexibility index (Phi) is 2.64. The Hall–Kier alpha value is -2.06. The highest BCUT2D eigenvalue weighted by atomic mass is 35.5. The monoisotopic (exact) mass is 280 g/mol. The van der Waals surface area contributed by atoms with Gasteiger partial charge in [0.15, 0.2) is 0 Å². The second kappa shape index (κ2) is 4.50. The second-order valence-corrected chi connectivity index (χ2v) is 5.40. The van der Waals surface area contributed by atoms with Gasteiger partial charge >= 0.3 is 0 Å². The minimum atomic E-state index is 0.705. The zero-order valence-electron chi connectivity index (χ0n) is 10.9. The Morgan fingerprint density at radius 2 is 1.85 bits per heavy atom. The molecule has 0 radical (unpaired) electrons. The van der Waals surface area contributed by atoms with E-state index in [1.807, 2.05) is 18.3 Å². The summed E-state index contributed by atoms with van der Waals surface area (Å²) in [5.74, 6) is 0. The van der Waals surface area contributed by atoms with Gasteiger partial charge in [-0.3, -0.25) is 4.98 Å². The van der Waals surface area contributed by atoms with E-state index in [9.17, 15) is 0 Å². The summed E-state index contributed by atoms with van der Waals surface area (Å²) in [6, 6.07) is 16.6. The summed E-state index contributed by atoms with van der Waals surface area (Å²) in [4.78, 5) is 6.77. The average molecular weight is 281 g/mol. The molecule has 0 saturated heterocycles. The quantitative estimate of drug-likeness (QED) is 0.648. The predicted octanol–water partition coefficient (Wildman–Crippen LogP) is 4.58. The summed E-state index contributed by atoms with van der Waals surface area (Å²) in [5, 5.41) is 1.81. The van der Waals surface area contributed by atoms with Crippen molar-refractivity contribution in [1.29, 1.82) is 0 Å². The number of aromatic nitrogens is 1. The van der Waals surface area contributed by atoms with E-state index in [4.69, 9.17) is 11.6 Å². The minimum Gasteiger partial charge on any atom is -0.340 e. The number of fused-ring (bicyclic) bond motifs is 2. The Labute approximate surface area is 122 Å². The maximum Gasteiger partial charge on any atom is 0.0909 e. The van der Waals surface area contributed by atoms with E-state index in [-0.39, 0.29) is 0 Å². The molecular weight excluding hydrogens is 268 g/mol. The lowest BCUT2D eigenvalue weighted by Gasteiger charge is -2.21. The SMILES string of the molecule is Clc1cccc2c(N3CCc4ccccc43)ccnc12. The van der Waals surface area contributed by atoms with Crippen LogP contribution in [0.25, 0.3) is 10.9 Å². The van der Waals surface area contributed by atoms with Crippen molar-refractivity contribution < 1.29 is 0 Å². The van der Waals surface area contributed by atoms with Crippen LogP contribution < -0.4 is 4.90 Å². The number of anilines is 2. The summed E-state index contributed by atoms with van der Waals surface area (Å²) < 4.78 is 0. The molecule has 1 aliphatic rings. The summed E-state index contributed by atoms with van der Waals surface area (Å²) in [5.41, 5.74) is 4.75. The molecule has 0 amide bonds. The first-order valence-electron chi connectivity index (χ1n) is 6.73. The van der Waals surface area contributed by atoms with Crippen LogP contribution in [-0.4, -0.2) is 11.5 Å². The van der Waals surface area contributed by atoms with Gasteiger partial charge in [0.25, 0.3) is 0 Å². The van der Waals surface area contributed by atoms with Crippen LogP contribution in [0.5, 0.6) is 0 Å². The van der Waals surface area contributed by atoms with Crippen molar-refractivity contribution >= 4 is 33.9 Å². The first kappa shape index (κ1) is 11.7. The second-order valence-electron chi connectivity index (χ2n) is 5.00. The van der Waals surface area contributed by atoms with Crippen molar-refractivity contribution in [2.75, 3.05) is 11.4 Å². The first-order chi connectivity index (χ1) is 9.84.